The first-order valence-corrected chi connectivity index (χ1v) is 5.83. The lowest BCUT2D eigenvalue weighted by Crippen LogP contribution is -2.17. The average Bonchev–Trinajstić information content (AvgIpc) is 2.93. The maximum absolute atomic E-state index is 12.2. The van der Waals surface area contributed by atoms with E-state index in [9.17, 15) is 9.59 Å². The van der Waals surface area contributed by atoms with E-state index in [0.717, 1.165) is 0 Å². The van der Waals surface area contributed by atoms with Gasteiger partial charge in [-0.05, 0) is 25.1 Å². The summed E-state index contributed by atoms with van der Waals surface area (Å²) in [7, 11) is 0. The van der Waals surface area contributed by atoms with E-state index < -0.39 is 11.6 Å². The zero-order chi connectivity index (χ0) is 14.1. The number of aromatic nitrogens is 5. The number of hydrogen-bond donors (Lipinski definition) is 0. The number of ketones is 2. The highest BCUT2D eigenvalue weighted by Gasteiger charge is 2.20. The summed E-state index contributed by atoms with van der Waals surface area (Å²) >= 11 is 0. The molecule has 0 N–H and O–H groups in total. The van der Waals surface area contributed by atoms with Gasteiger partial charge in [0.1, 0.15) is 17.8 Å². The predicted octanol–water partition coefficient (Wildman–Crippen LogP) is 0.893. The Labute approximate surface area is 113 Å². The monoisotopic (exact) mass is 267 g/mol. The number of pyridine rings is 1. The standard InChI is InChI=1S/C13H9N5O2/c1-8-14-5-4-10(17-8)13(20)12(19)9-2-3-11-15-7-16-18(11)6-9/h2-7H,1H3. The first kappa shape index (κ1) is 12.1. The second-order valence-electron chi connectivity index (χ2n) is 4.13. The molecule has 3 rings (SSSR count). The van der Waals surface area contributed by atoms with Gasteiger partial charge in [-0.1, -0.05) is 0 Å². The van der Waals surface area contributed by atoms with Crippen molar-refractivity contribution in [3.05, 3.63) is 54.0 Å². The van der Waals surface area contributed by atoms with E-state index in [1.54, 1.807) is 13.0 Å². The van der Waals surface area contributed by atoms with Crippen LogP contribution in [0.4, 0.5) is 0 Å². The molecule has 98 valence electrons. The quantitative estimate of drug-likeness (QED) is 0.517. The first-order valence-electron chi connectivity index (χ1n) is 5.83. The third-order valence-electron chi connectivity index (χ3n) is 2.75. The van der Waals surface area contributed by atoms with E-state index in [-0.39, 0.29) is 11.3 Å². The lowest BCUT2D eigenvalue weighted by molar-refractivity contribution is 0.0813. The highest BCUT2D eigenvalue weighted by molar-refractivity contribution is 6.48. The molecular formula is C13H9N5O2. The molecule has 0 aromatic carbocycles. The molecule has 0 spiro atoms. The third-order valence-corrected chi connectivity index (χ3v) is 2.75. The second kappa shape index (κ2) is 4.61. The second-order valence-corrected chi connectivity index (χ2v) is 4.13. The van der Waals surface area contributed by atoms with Crippen LogP contribution in [0.2, 0.25) is 0 Å². The van der Waals surface area contributed by atoms with Crippen molar-refractivity contribution < 1.29 is 9.59 Å². The van der Waals surface area contributed by atoms with Crippen LogP contribution < -0.4 is 0 Å². The SMILES string of the molecule is Cc1nccc(C(=O)C(=O)c2ccc3ncnn3c2)n1. The van der Waals surface area contributed by atoms with Gasteiger partial charge in [0.05, 0.1) is 0 Å². The molecule has 0 radical (unpaired) electrons. The zero-order valence-corrected chi connectivity index (χ0v) is 10.5. The lowest BCUT2D eigenvalue weighted by atomic mass is 10.1. The zero-order valence-electron chi connectivity index (χ0n) is 10.5. The fourth-order valence-corrected chi connectivity index (χ4v) is 1.78. The highest BCUT2D eigenvalue weighted by atomic mass is 16.2. The molecule has 0 amide bonds. The Hall–Kier alpha value is -2.96. The number of carbonyl (C=O) groups excluding carboxylic acids is 2. The van der Waals surface area contributed by atoms with Crippen LogP contribution in [0.1, 0.15) is 26.7 Å². The van der Waals surface area contributed by atoms with Crippen LogP contribution in [-0.2, 0) is 0 Å². The Morgan fingerprint density at radius 3 is 2.75 bits per heavy atom. The predicted molar refractivity (Wildman–Crippen MR) is 68.4 cm³/mol. The van der Waals surface area contributed by atoms with Gasteiger partial charge in [0.2, 0.25) is 5.78 Å². The molecule has 0 fully saturated rings. The van der Waals surface area contributed by atoms with Gasteiger partial charge < -0.3 is 0 Å². The van der Waals surface area contributed by atoms with E-state index >= 15 is 0 Å². The number of Topliss-reactive ketones (excluding diaryl/α,β-unsaturated/α-hetero) is 2. The maximum atomic E-state index is 12.2. The summed E-state index contributed by atoms with van der Waals surface area (Å²) in [5.41, 5.74) is 0.928. The molecule has 0 saturated heterocycles. The van der Waals surface area contributed by atoms with Crippen molar-refractivity contribution in [1.82, 2.24) is 24.6 Å². The number of fused-ring (bicyclic) bond motifs is 1. The van der Waals surface area contributed by atoms with Crippen LogP contribution in [0.3, 0.4) is 0 Å². The molecule has 3 aromatic rings. The van der Waals surface area contributed by atoms with Gasteiger partial charge in [0.15, 0.2) is 5.65 Å². The lowest BCUT2D eigenvalue weighted by Gasteiger charge is -2.01. The Morgan fingerprint density at radius 1 is 1.10 bits per heavy atom. The third kappa shape index (κ3) is 2.05. The van der Waals surface area contributed by atoms with E-state index in [1.165, 1.54) is 35.4 Å². The smallest absolute Gasteiger partial charge is 0.251 e. The molecule has 0 unspecified atom stereocenters. The molecule has 20 heavy (non-hydrogen) atoms. The molecule has 0 aliphatic carbocycles. The van der Waals surface area contributed by atoms with Crippen LogP contribution in [0.25, 0.3) is 5.65 Å². The largest absolute Gasteiger partial charge is 0.285 e. The Balaban J connectivity index is 1.97. The molecule has 0 atom stereocenters. The normalized spacial score (nSPS) is 10.7. The summed E-state index contributed by atoms with van der Waals surface area (Å²) in [4.78, 5) is 36.1. The fraction of sp³-hybridized carbons (Fsp3) is 0.0769. The van der Waals surface area contributed by atoms with Crippen molar-refractivity contribution in [2.75, 3.05) is 0 Å². The summed E-state index contributed by atoms with van der Waals surface area (Å²) in [6, 6.07) is 4.58. The molecule has 0 aliphatic rings. The molecule has 0 bridgehead atoms. The van der Waals surface area contributed by atoms with Crippen molar-refractivity contribution in [2.24, 2.45) is 0 Å². The van der Waals surface area contributed by atoms with Gasteiger partial charge >= 0.3 is 0 Å². The van der Waals surface area contributed by atoms with E-state index in [4.69, 9.17) is 0 Å². The molecular weight excluding hydrogens is 258 g/mol. The molecule has 3 aromatic heterocycles. The van der Waals surface area contributed by atoms with Crippen LogP contribution in [-0.4, -0.2) is 36.1 Å². The Bertz CT molecular complexity index is 824. The summed E-state index contributed by atoms with van der Waals surface area (Å²) < 4.78 is 1.44. The van der Waals surface area contributed by atoms with Gasteiger partial charge in [-0.15, -0.1) is 0 Å². The maximum Gasteiger partial charge on any atom is 0.251 e. The summed E-state index contributed by atoms with van der Waals surface area (Å²) in [6.45, 7) is 1.66. The fourth-order valence-electron chi connectivity index (χ4n) is 1.78. The minimum absolute atomic E-state index is 0.0844. The summed E-state index contributed by atoms with van der Waals surface area (Å²) in [5, 5.41) is 3.92. The summed E-state index contributed by atoms with van der Waals surface area (Å²) in [5.74, 6) is -0.870. The average molecular weight is 267 g/mol. The minimum Gasteiger partial charge on any atom is -0.285 e. The molecule has 7 heteroatoms. The number of rotatable bonds is 3. The highest BCUT2D eigenvalue weighted by Crippen LogP contribution is 2.08. The molecule has 3 heterocycles. The molecule has 0 aliphatic heterocycles. The molecule has 0 saturated carbocycles. The number of carbonyl (C=O) groups is 2. The summed E-state index contributed by atoms with van der Waals surface area (Å²) in [6.07, 6.45) is 4.29. The van der Waals surface area contributed by atoms with Gasteiger partial charge in [-0.2, -0.15) is 5.10 Å². The van der Waals surface area contributed by atoms with Crippen LogP contribution >= 0.6 is 0 Å². The Kier molecular flexibility index (Phi) is 2.79. The van der Waals surface area contributed by atoms with Gasteiger partial charge in [0.25, 0.3) is 5.78 Å². The minimum atomic E-state index is -0.671. The topological polar surface area (TPSA) is 90.1 Å². The van der Waals surface area contributed by atoms with Gasteiger partial charge in [-0.3, -0.25) is 9.59 Å². The van der Waals surface area contributed by atoms with Crippen LogP contribution in [0.5, 0.6) is 0 Å². The van der Waals surface area contributed by atoms with Crippen molar-refractivity contribution >= 4 is 17.2 Å². The first-order chi connectivity index (χ1) is 9.65. The van der Waals surface area contributed by atoms with Gasteiger partial charge in [-0.25, -0.2) is 19.5 Å². The van der Waals surface area contributed by atoms with Crippen molar-refractivity contribution in [3.63, 3.8) is 0 Å². The number of hydrogen-bond acceptors (Lipinski definition) is 6. The van der Waals surface area contributed by atoms with Crippen molar-refractivity contribution in [3.8, 4) is 0 Å². The number of nitrogens with zero attached hydrogens (tertiary/aromatic N) is 5. The van der Waals surface area contributed by atoms with Crippen molar-refractivity contribution in [2.45, 2.75) is 6.92 Å². The van der Waals surface area contributed by atoms with E-state index in [1.807, 2.05) is 0 Å². The Morgan fingerprint density at radius 2 is 1.95 bits per heavy atom. The van der Waals surface area contributed by atoms with E-state index in [2.05, 4.69) is 20.1 Å². The van der Waals surface area contributed by atoms with Gasteiger partial charge in [0, 0.05) is 18.0 Å². The van der Waals surface area contributed by atoms with Crippen molar-refractivity contribution in [1.29, 1.82) is 0 Å². The van der Waals surface area contributed by atoms with Crippen LogP contribution in [0, 0.1) is 6.92 Å². The van der Waals surface area contributed by atoms with E-state index in [0.29, 0.717) is 11.5 Å². The molecule has 7 nitrogen and oxygen atoms in total. The number of aryl methyl sites for hydroxylation is 1. The van der Waals surface area contributed by atoms with Crippen LogP contribution in [0.15, 0.2) is 36.9 Å².